The SMILES string of the molecule is CCOC(=O)N1CCCC(C(=O)Nc2ccc(-n3ccnc3)cc2)C1. The minimum absolute atomic E-state index is 0.0654. The second-order valence-electron chi connectivity index (χ2n) is 5.99. The highest BCUT2D eigenvalue weighted by atomic mass is 16.6. The summed E-state index contributed by atoms with van der Waals surface area (Å²) in [5, 5.41) is 2.93. The van der Waals surface area contributed by atoms with Gasteiger partial charge in [0, 0.05) is 36.9 Å². The van der Waals surface area contributed by atoms with E-state index in [-0.39, 0.29) is 17.9 Å². The molecule has 7 heteroatoms. The summed E-state index contributed by atoms with van der Waals surface area (Å²) >= 11 is 0. The van der Waals surface area contributed by atoms with Crippen molar-refractivity contribution in [3.05, 3.63) is 43.0 Å². The number of ether oxygens (including phenoxy) is 1. The van der Waals surface area contributed by atoms with E-state index in [1.54, 1.807) is 24.3 Å². The first-order valence-electron chi connectivity index (χ1n) is 8.48. The van der Waals surface area contributed by atoms with Crippen molar-refractivity contribution in [3.8, 4) is 5.69 Å². The van der Waals surface area contributed by atoms with Gasteiger partial charge >= 0.3 is 6.09 Å². The maximum Gasteiger partial charge on any atom is 0.409 e. The van der Waals surface area contributed by atoms with Crippen LogP contribution in [0.1, 0.15) is 19.8 Å². The molecule has 2 amide bonds. The molecule has 25 heavy (non-hydrogen) atoms. The molecule has 1 aromatic heterocycles. The largest absolute Gasteiger partial charge is 0.450 e. The van der Waals surface area contributed by atoms with Gasteiger partial charge in [-0.15, -0.1) is 0 Å². The van der Waals surface area contributed by atoms with Crippen LogP contribution in [0.5, 0.6) is 0 Å². The fourth-order valence-corrected chi connectivity index (χ4v) is 2.94. The Kier molecular flexibility index (Phi) is 5.33. The number of hydrogen-bond acceptors (Lipinski definition) is 4. The topological polar surface area (TPSA) is 76.5 Å². The van der Waals surface area contributed by atoms with Gasteiger partial charge < -0.3 is 19.5 Å². The fraction of sp³-hybridized carbons (Fsp3) is 0.389. The van der Waals surface area contributed by atoms with Gasteiger partial charge in [0.05, 0.1) is 18.9 Å². The minimum atomic E-state index is -0.343. The normalized spacial score (nSPS) is 17.2. The molecular weight excluding hydrogens is 320 g/mol. The molecule has 0 saturated carbocycles. The third-order valence-corrected chi connectivity index (χ3v) is 4.26. The van der Waals surface area contributed by atoms with E-state index < -0.39 is 0 Å². The molecule has 1 aliphatic rings. The summed E-state index contributed by atoms with van der Waals surface area (Å²) in [6.45, 7) is 3.16. The van der Waals surface area contributed by atoms with Gasteiger partial charge in [0.1, 0.15) is 0 Å². The van der Waals surface area contributed by atoms with Gasteiger partial charge in [-0.05, 0) is 44.0 Å². The molecule has 1 saturated heterocycles. The van der Waals surface area contributed by atoms with Crippen LogP contribution in [0.25, 0.3) is 5.69 Å². The van der Waals surface area contributed by atoms with Crippen LogP contribution in [0.2, 0.25) is 0 Å². The molecule has 1 N–H and O–H groups in total. The van der Waals surface area contributed by atoms with Crippen molar-refractivity contribution in [2.24, 2.45) is 5.92 Å². The molecule has 0 aliphatic carbocycles. The van der Waals surface area contributed by atoms with Gasteiger partial charge in [0.2, 0.25) is 5.91 Å². The predicted molar refractivity (Wildman–Crippen MR) is 93.5 cm³/mol. The van der Waals surface area contributed by atoms with E-state index in [1.807, 2.05) is 35.0 Å². The lowest BCUT2D eigenvalue weighted by atomic mass is 9.97. The van der Waals surface area contributed by atoms with E-state index in [0.717, 1.165) is 24.2 Å². The molecule has 2 heterocycles. The van der Waals surface area contributed by atoms with Gasteiger partial charge in [-0.25, -0.2) is 9.78 Å². The number of imidazole rings is 1. The number of aromatic nitrogens is 2. The van der Waals surface area contributed by atoms with Gasteiger partial charge in [0.25, 0.3) is 0 Å². The number of rotatable bonds is 4. The van der Waals surface area contributed by atoms with Crippen LogP contribution in [0.3, 0.4) is 0 Å². The summed E-state index contributed by atoms with van der Waals surface area (Å²) in [5.74, 6) is -0.282. The average Bonchev–Trinajstić information content (AvgIpc) is 3.17. The Morgan fingerprint density at radius 2 is 2.12 bits per heavy atom. The summed E-state index contributed by atoms with van der Waals surface area (Å²) in [6.07, 6.45) is 6.53. The maximum atomic E-state index is 12.5. The molecule has 7 nitrogen and oxygen atoms in total. The molecule has 3 rings (SSSR count). The molecule has 1 fully saturated rings. The van der Waals surface area contributed by atoms with Crippen molar-refractivity contribution in [3.63, 3.8) is 0 Å². The summed E-state index contributed by atoms with van der Waals surface area (Å²) in [6, 6.07) is 7.56. The number of carbonyl (C=O) groups excluding carboxylic acids is 2. The average molecular weight is 342 g/mol. The second kappa shape index (κ2) is 7.83. The predicted octanol–water partition coefficient (Wildman–Crippen LogP) is 2.68. The molecule has 1 unspecified atom stereocenters. The van der Waals surface area contributed by atoms with Crippen molar-refractivity contribution in [1.29, 1.82) is 0 Å². The van der Waals surface area contributed by atoms with Crippen molar-refractivity contribution in [2.75, 3.05) is 25.0 Å². The van der Waals surface area contributed by atoms with Crippen LogP contribution in [0.15, 0.2) is 43.0 Å². The number of piperidine rings is 1. The number of nitrogens with zero attached hydrogens (tertiary/aromatic N) is 3. The highest BCUT2D eigenvalue weighted by Crippen LogP contribution is 2.20. The standard InChI is InChI=1S/C18H22N4O3/c1-2-25-18(24)21-10-3-4-14(12-21)17(23)20-15-5-7-16(8-6-15)22-11-9-19-13-22/h5-9,11,13-14H,2-4,10,12H2,1H3,(H,20,23). The third kappa shape index (κ3) is 4.17. The van der Waals surface area contributed by atoms with E-state index >= 15 is 0 Å². The van der Waals surface area contributed by atoms with Crippen molar-refractivity contribution >= 4 is 17.7 Å². The van der Waals surface area contributed by atoms with Crippen LogP contribution in [-0.2, 0) is 9.53 Å². The smallest absolute Gasteiger partial charge is 0.409 e. The monoisotopic (exact) mass is 342 g/mol. The second-order valence-corrected chi connectivity index (χ2v) is 5.99. The van der Waals surface area contributed by atoms with Gasteiger partial charge in [-0.3, -0.25) is 4.79 Å². The quantitative estimate of drug-likeness (QED) is 0.927. The fourth-order valence-electron chi connectivity index (χ4n) is 2.94. The van der Waals surface area contributed by atoms with Gasteiger partial charge in [0.15, 0.2) is 0 Å². The van der Waals surface area contributed by atoms with Crippen LogP contribution >= 0.6 is 0 Å². The number of carbonyl (C=O) groups is 2. The molecule has 0 radical (unpaired) electrons. The van der Waals surface area contributed by atoms with Crippen molar-refractivity contribution in [1.82, 2.24) is 14.5 Å². The Morgan fingerprint density at radius 3 is 2.80 bits per heavy atom. The number of likely N-dealkylation sites (tertiary alicyclic amines) is 1. The van der Waals surface area contributed by atoms with Crippen LogP contribution in [0, 0.1) is 5.92 Å². The van der Waals surface area contributed by atoms with Crippen LogP contribution < -0.4 is 5.32 Å². The van der Waals surface area contributed by atoms with Crippen molar-refractivity contribution in [2.45, 2.75) is 19.8 Å². The first-order valence-corrected chi connectivity index (χ1v) is 8.48. The lowest BCUT2D eigenvalue weighted by Gasteiger charge is -2.31. The number of amides is 2. The number of anilines is 1. The zero-order valence-corrected chi connectivity index (χ0v) is 14.2. The molecule has 0 spiro atoms. The summed E-state index contributed by atoms with van der Waals surface area (Å²) < 4.78 is 6.92. The van der Waals surface area contributed by atoms with Gasteiger partial charge in [-0.1, -0.05) is 0 Å². The summed E-state index contributed by atoms with van der Waals surface area (Å²) in [4.78, 5) is 30.0. The summed E-state index contributed by atoms with van der Waals surface area (Å²) in [7, 11) is 0. The Morgan fingerprint density at radius 1 is 1.32 bits per heavy atom. The molecule has 132 valence electrons. The Balaban J connectivity index is 1.59. The lowest BCUT2D eigenvalue weighted by molar-refractivity contribution is -0.121. The highest BCUT2D eigenvalue weighted by molar-refractivity contribution is 5.93. The van der Waals surface area contributed by atoms with E-state index in [1.165, 1.54) is 0 Å². The number of nitrogens with one attached hydrogen (secondary N) is 1. The molecule has 1 aromatic carbocycles. The number of benzene rings is 1. The molecule has 1 atom stereocenters. The maximum absolute atomic E-state index is 12.5. The van der Waals surface area contributed by atoms with Crippen molar-refractivity contribution < 1.29 is 14.3 Å². The van der Waals surface area contributed by atoms with E-state index in [4.69, 9.17) is 4.74 Å². The Labute approximate surface area is 146 Å². The zero-order valence-electron chi connectivity index (χ0n) is 14.2. The minimum Gasteiger partial charge on any atom is -0.450 e. The molecular formula is C18H22N4O3. The lowest BCUT2D eigenvalue weighted by Crippen LogP contribution is -2.44. The first kappa shape index (κ1) is 17.0. The Bertz CT molecular complexity index is 712. The van der Waals surface area contributed by atoms with Gasteiger partial charge in [-0.2, -0.15) is 0 Å². The molecule has 1 aliphatic heterocycles. The van der Waals surface area contributed by atoms with E-state index in [2.05, 4.69) is 10.3 Å². The first-order chi connectivity index (χ1) is 12.2. The highest BCUT2D eigenvalue weighted by Gasteiger charge is 2.29. The molecule has 2 aromatic rings. The Hall–Kier alpha value is -2.83. The summed E-state index contributed by atoms with van der Waals surface area (Å²) in [5.41, 5.74) is 1.71. The van der Waals surface area contributed by atoms with Crippen LogP contribution in [0.4, 0.5) is 10.5 Å². The third-order valence-electron chi connectivity index (χ3n) is 4.26. The number of hydrogen-bond donors (Lipinski definition) is 1. The van der Waals surface area contributed by atoms with Crippen LogP contribution in [-0.4, -0.2) is 46.1 Å². The molecule has 0 bridgehead atoms. The zero-order chi connectivity index (χ0) is 17.6. The van der Waals surface area contributed by atoms with E-state index in [0.29, 0.717) is 19.7 Å². The van der Waals surface area contributed by atoms with E-state index in [9.17, 15) is 9.59 Å².